The van der Waals surface area contributed by atoms with Crippen molar-refractivity contribution >= 4 is 5.91 Å². The third-order valence-corrected chi connectivity index (χ3v) is 4.91. The van der Waals surface area contributed by atoms with Gasteiger partial charge in [-0.15, -0.1) is 0 Å². The van der Waals surface area contributed by atoms with Crippen LogP contribution in [0, 0.1) is 13.8 Å². The van der Waals surface area contributed by atoms with Gasteiger partial charge in [-0.2, -0.15) is 5.10 Å². The second-order valence-corrected chi connectivity index (χ2v) is 6.50. The van der Waals surface area contributed by atoms with E-state index in [4.69, 9.17) is 5.73 Å². The summed E-state index contributed by atoms with van der Waals surface area (Å²) in [7, 11) is 1.98. The molecule has 0 atom stereocenters. The van der Waals surface area contributed by atoms with E-state index >= 15 is 0 Å². The molecule has 1 aliphatic carbocycles. The number of carbonyl (C=O) groups excluding carboxylic acids is 1. The first kappa shape index (κ1) is 14.5. The summed E-state index contributed by atoms with van der Waals surface area (Å²) in [5, 5.41) is 4.47. The van der Waals surface area contributed by atoms with Crippen LogP contribution in [0.5, 0.6) is 0 Å². The van der Waals surface area contributed by atoms with Crippen molar-refractivity contribution in [2.24, 2.45) is 12.8 Å². The average Bonchev–Trinajstić information content (AvgIpc) is 3.17. The van der Waals surface area contributed by atoms with Gasteiger partial charge in [0.2, 0.25) is 5.91 Å². The van der Waals surface area contributed by atoms with Gasteiger partial charge in [0.1, 0.15) is 0 Å². The van der Waals surface area contributed by atoms with Crippen molar-refractivity contribution in [3.05, 3.63) is 17.0 Å². The summed E-state index contributed by atoms with van der Waals surface area (Å²) >= 11 is 0. The minimum atomic E-state index is -0.529. The van der Waals surface area contributed by atoms with Crippen LogP contribution in [0.25, 0.3) is 0 Å². The van der Waals surface area contributed by atoms with Crippen LogP contribution in [-0.2, 0) is 18.4 Å². The Kier molecular flexibility index (Phi) is 3.53. The molecule has 2 fully saturated rings. The van der Waals surface area contributed by atoms with Crippen molar-refractivity contribution in [3.63, 3.8) is 0 Å². The zero-order chi connectivity index (χ0) is 15.2. The number of piperazine rings is 1. The van der Waals surface area contributed by atoms with Gasteiger partial charge in [0.05, 0.1) is 11.2 Å². The zero-order valence-corrected chi connectivity index (χ0v) is 13.2. The minimum Gasteiger partial charge on any atom is -0.339 e. The predicted octanol–water partition coefficient (Wildman–Crippen LogP) is 0.172. The van der Waals surface area contributed by atoms with Gasteiger partial charge < -0.3 is 10.6 Å². The highest BCUT2D eigenvalue weighted by molar-refractivity contribution is 5.89. The van der Waals surface area contributed by atoms with Crippen molar-refractivity contribution in [3.8, 4) is 0 Å². The van der Waals surface area contributed by atoms with E-state index in [9.17, 15) is 4.79 Å². The van der Waals surface area contributed by atoms with E-state index in [0.29, 0.717) is 0 Å². The molecule has 0 spiro atoms. The number of hydrogen-bond acceptors (Lipinski definition) is 4. The number of aromatic nitrogens is 2. The van der Waals surface area contributed by atoms with Gasteiger partial charge in [0.25, 0.3) is 0 Å². The molecule has 6 heteroatoms. The van der Waals surface area contributed by atoms with Crippen molar-refractivity contribution in [1.82, 2.24) is 19.6 Å². The lowest BCUT2D eigenvalue weighted by Gasteiger charge is -2.36. The monoisotopic (exact) mass is 291 g/mol. The standard InChI is InChI=1S/C15H25N5O/c1-11-13(12(2)18(3)17-11)10-19-6-8-20(9-7-19)14(21)15(16)4-5-15/h4-10,16H2,1-3H3. The molecule has 6 nitrogen and oxygen atoms in total. The van der Waals surface area contributed by atoms with E-state index in [2.05, 4.69) is 23.8 Å². The van der Waals surface area contributed by atoms with Crippen molar-refractivity contribution in [2.45, 2.75) is 38.8 Å². The quantitative estimate of drug-likeness (QED) is 0.862. The van der Waals surface area contributed by atoms with Crippen LogP contribution in [0.4, 0.5) is 0 Å². The minimum absolute atomic E-state index is 0.149. The first-order valence-corrected chi connectivity index (χ1v) is 7.70. The second kappa shape index (κ2) is 5.10. The van der Waals surface area contributed by atoms with E-state index in [0.717, 1.165) is 51.3 Å². The Balaban J connectivity index is 1.57. The molecule has 1 aromatic heterocycles. The molecule has 2 aliphatic rings. The van der Waals surface area contributed by atoms with Crippen LogP contribution in [-0.4, -0.2) is 57.2 Å². The van der Waals surface area contributed by atoms with Crippen LogP contribution in [0.2, 0.25) is 0 Å². The van der Waals surface area contributed by atoms with E-state index in [-0.39, 0.29) is 5.91 Å². The normalized spacial score (nSPS) is 21.6. The molecule has 0 radical (unpaired) electrons. The molecular formula is C15H25N5O. The Morgan fingerprint density at radius 1 is 1.24 bits per heavy atom. The largest absolute Gasteiger partial charge is 0.339 e. The second-order valence-electron chi connectivity index (χ2n) is 6.50. The number of carbonyl (C=O) groups is 1. The molecule has 1 saturated carbocycles. The van der Waals surface area contributed by atoms with Crippen LogP contribution in [0.15, 0.2) is 0 Å². The van der Waals surface area contributed by atoms with E-state index in [1.165, 1.54) is 11.3 Å². The number of amides is 1. The van der Waals surface area contributed by atoms with Gasteiger partial charge in [0, 0.05) is 51.0 Å². The Hall–Kier alpha value is -1.40. The first-order chi connectivity index (χ1) is 9.90. The number of nitrogens with two attached hydrogens (primary N) is 1. The molecule has 1 saturated heterocycles. The lowest BCUT2D eigenvalue weighted by molar-refractivity contribution is -0.135. The van der Waals surface area contributed by atoms with E-state index in [1.807, 2.05) is 16.6 Å². The fraction of sp³-hybridized carbons (Fsp3) is 0.733. The third-order valence-electron chi connectivity index (χ3n) is 4.91. The molecule has 1 aliphatic heterocycles. The van der Waals surface area contributed by atoms with E-state index in [1.54, 1.807) is 0 Å². The highest BCUT2D eigenvalue weighted by Gasteiger charge is 2.48. The molecule has 0 aromatic carbocycles. The Bertz CT molecular complexity index is 553. The van der Waals surface area contributed by atoms with Gasteiger partial charge in [-0.3, -0.25) is 14.4 Å². The summed E-state index contributed by atoms with van der Waals surface area (Å²) in [6, 6.07) is 0. The molecule has 2 heterocycles. The predicted molar refractivity (Wildman–Crippen MR) is 80.7 cm³/mol. The maximum absolute atomic E-state index is 12.2. The van der Waals surface area contributed by atoms with E-state index < -0.39 is 5.54 Å². The van der Waals surface area contributed by atoms with Gasteiger partial charge in [-0.05, 0) is 26.7 Å². The number of hydrogen-bond donors (Lipinski definition) is 1. The molecule has 116 valence electrons. The lowest BCUT2D eigenvalue weighted by atomic mass is 10.1. The maximum Gasteiger partial charge on any atom is 0.242 e. The number of rotatable bonds is 3. The Labute approximate surface area is 125 Å². The molecule has 0 bridgehead atoms. The van der Waals surface area contributed by atoms with Crippen molar-refractivity contribution in [1.29, 1.82) is 0 Å². The van der Waals surface area contributed by atoms with Gasteiger partial charge in [0.15, 0.2) is 0 Å². The summed E-state index contributed by atoms with van der Waals surface area (Å²) in [4.78, 5) is 16.6. The van der Waals surface area contributed by atoms with Crippen LogP contribution >= 0.6 is 0 Å². The summed E-state index contributed by atoms with van der Waals surface area (Å²) in [6.07, 6.45) is 1.69. The van der Waals surface area contributed by atoms with Crippen LogP contribution in [0.3, 0.4) is 0 Å². The Morgan fingerprint density at radius 2 is 1.86 bits per heavy atom. The maximum atomic E-state index is 12.2. The highest BCUT2D eigenvalue weighted by atomic mass is 16.2. The SMILES string of the molecule is Cc1nn(C)c(C)c1CN1CCN(C(=O)C2(N)CC2)CC1. The topological polar surface area (TPSA) is 67.4 Å². The first-order valence-electron chi connectivity index (χ1n) is 7.70. The number of nitrogens with zero attached hydrogens (tertiary/aromatic N) is 4. The zero-order valence-electron chi connectivity index (χ0n) is 13.2. The number of aryl methyl sites for hydroxylation is 2. The van der Waals surface area contributed by atoms with Crippen LogP contribution < -0.4 is 5.73 Å². The van der Waals surface area contributed by atoms with Gasteiger partial charge in [-0.25, -0.2) is 0 Å². The molecular weight excluding hydrogens is 266 g/mol. The molecule has 21 heavy (non-hydrogen) atoms. The molecule has 0 unspecified atom stereocenters. The molecule has 3 rings (SSSR count). The third kappa shape index (κ3) is 2.70. The highest BCUT2D eigenvalue weighted by Crippen LogP contribution is 2.34. The lowest BCUT2D eigenvalue weighted by Crippen LogP contribution is -2.53. The van der Waals surface area contributed by atoms with Crippen molar-refractivity contribution < 1.29 is 4.79 Å². The summed E-state index contributed by atoms with van der Waals surface area (Å²) in [5.41, 5.74) is 9.12. The smallest absolute Gasteiger partial charge is 0.242 e. The summed E-state index contributed by atoms with van der Waals surface area (Å²) in [5.74, 6) is 0.149. The van der Waals surface area contributed by atoms with Crippen molar-refractivity contribution in [2.75, 3.05) is 26.2 Å². The fourth-order valence-corrected chi connectivity index (χ4v) is 3.04. The fourth-order valence-electron chi connectivity index (χ4n) is 3.04. The van der Waals surface area contributed by atoms with Gasteiger partial charge in [-0.1, -0.05) is 0 Å². The molecule has 1 aromatic rings. The summed E-state index contributed by atoms with van der Waals surface area (Å²) < 4.78 is 1.94. The summed E-state index contributed by atoms with van der Waals surface area (Å²) in [6.45, 7) is 8.49. The molecule has 1 amide bonds. The molecule has 2 N–H and O–H groups in total. The van der Waals surface area contributed by atoms with Gasteiger partial charge >= 0.3 is 0 Å². The van der Waals surface area contributed by atoms with Crippen LogP contribution in [0.1, 0.15) is 29.8 Å². The average molecular weight is 291 g/mol. The Morgan fingerprint density at radius 3 is 2.33 bits per heavy atom.